The Balaban J connectivity index is 2.38. The number of aromatic nitrogens is 3. The molecule has 21 heavy (non-hydrogen) atoms. The van der Waals surface area contributed by atoms with Crippen molar-refractivity contribution in [1.82, 2.24) is 14.5 Å². The number of ether oxygens (including phenoxy) is 1. The van der Waals surface area contributed by atoms with Crippen molar-refractivity contribution in [3.05, 3.63) is 47.9 Å². The molecule has 2 aromatic heterocycles. The van der Waals surface area contributed by atoms with Gasteiger partial charge in [-0.15, -0.1) is 11.6 Å². The lowest BCUT2D eigenvalue weighted by atomic mass is 10.2. The van der Waals surface area contributed by atoms with Gasteiger partial charge in [0.05, 0.1) is 18.2 Å². The zero-order valence-electron chi connectivity index (χ0n) is 12.2. The van der Waals surface area contributed by atoms with Crippen molar-refractivity contribution >= 4 is 22.8 Å². The first-order valence-electron chi connectivity index (χ1n) is 6.75. The molecule has 1 atom stereocenters. The summed E-state index contributed by atoms with van der Waals surface area (Å²) < 4.78 is 7.43. The minimum atomic E-state index is -0.232. The molecule has 0 aliphatic heterocycles. The van der Waals surface area contributed by atoms with Gasteiger partial charge in [-0.3, -0.25) is 4.57 Å². The van der Waals surface area contributed by atoms with E-state index in [1.165, 1.54) is 0 Å². The number of imidazole rings is 1. The van der Waals surface area contributed by atoms with E-state index < -0.39 is 0 Å². The number of hydrogen-bond donors (Lipinski definition) is 0. The molecule has 5 heteroatoms. The maximum absolute atomic E-state index is 6.31. The second-order valence-corrected chi connectivity index (χ2v) is 5.54. The zero-order valence-corrected chi connectivity index (χ0v) is 12.9. The fourth-order valence-corrected chi connectivity index (χ4v) is 2.53. The molecule has 0 aliphatic rings. The van der Waals surface area contributed by atoms with Crippen LogP contribution in [0.3, 0.4) is 0 Å². The molecular weight excluding hydrogens is 286 g/mol. The number of halogens is 1. The van der Waals surface area contributed by atoms with E-state index in [-0.39, 0.29) is 5.38 Å². The predicted octanol–water partition coefficient (Wildman–Crippen LogP) is 4.04. The van der Waals surface area contributed by atoms with Crippen molar-refractivity contribution < 1.29 is 4.74 Å². The van der Waals surface area contributed by atoms with Crippen LogP contribution in [0.25, 0.3) is 16.9 Å². The van der Waals surface area contributed by atoms with Crippen LogP contribution in [0.1, 0.15) is 23.8 Å². The lowest BCUT2D eigenvalue weighted by Gasteiger charge is -2.13. The SMILES string of the molecule is COc1ccccc1-n1c(C(C)Cl)nc2ccc(C)nc21. The second-order valence-electron chi connectivity index (χ2n) is 4.89. The summed E-state index contributed by atoms with van der Waals surface area (Å²) in [6.45, 7) is 3.87. The Morgan fingerprint density at radius 2 is 1.90 bits per heavy atom. The highest BCUT2D eigenvalue weighted by Gasteiger charge is 2.19. The fraction of sp³-hybridized carbons (Fsp3) is 0.250. The van der Waals surface area contributed by atoms with Crippen molar-refractivity contribution in [3.63, 3.8) is 0 Å². The van der Waals surface area contributed by atoms with Crippen molar-refractivity contribution in [2.24, 2.45) is 0 Å². The van der Waals surface area contributed by atoms with Crippen LogP contribution < -0.4 is 4.74 Å². The molecule has 0 bridgehead atoms. The van der Waals surface area contributed by atoms with Gasteiger partial charge in [-0.1, -0.05) is 12.1 Å². The van der Waals surface area contributed by atoms with Crippen LogP contribution >= 0.6 is 11.6 Å². The number of para-hydroxylation sites is 2. The summed E-state index contributed by atoms with van der Waals surface area (Å²) in [5.74, 6) is 1.52. The van der Waals surface area contributed by atoms with Crippen molar-refractivity contribution in [2.45, 2.75) is 19.2 Å². The molecule has 0 fully saturated rings. The van der Waals surface area contributed by atoms with E-state index >= 15 is 0 Å². The number of fused-ring (bicyclic) bond motifs is 1. The smallest absolute Gasteiger partial charge is 0.165 e. The number of aryl methyl sites for hydroxylation is 1. The molecular formula is C16H16ClN3O. The quantitative estimate of drug-likeness (QED) is 0.686. The Labute approximate surface area is 128 Å². The molecule has 0 N–H and O–H groups in total. The van der Waals surface area contributed by atoms with E-state index in [1.54, 1.807) is 7.11 Å². The van der Waals surface area contributed by atoms with Gasteiger partial charge in [0.2, 0.25) is 0 Å². The Morgan fingerprint density at radius 1 is 1.14 bits per heavy atom. The summed E-state index contributed by atoms with van der Waals surface area (Å²) in [7, 11) is 1.65. The first kappa shape index (κ1) is 13.9. The van der Waals surface area contributed by atoms with Gasteiger partial charge in [-0.25, -0.2) is 9.97 Å². The van der Waals surface area contributed by atoms with Gasteiger partial charge in [0.15, 0.2) is 5.65 Å². The highest BCUT2D eigenvalue weighted by molar-refractivity contribution is 6.20. The molecule has 0 spiro atoms. The van der Waals surface area contributed by atoms with E-state index in [0.717, 1.165) is 34.1 Å². The van der Waals surface area contributed by atoms with Crippen LogP contribution in [0.4, 0.5) is 0 Å². The highest BCUT2D eigenvalue weighted by Crippen LogP contribution is 2.31. The normalized spacial score (nSPS) is 12.6. The summed E-state index contributed by atoms with van der Waals surface area (Å²) in [4.78, 5) is 9.23. The van der Waals surface area contributed by atoms with Crippen LogP contribution in [0.15, 0.2) is 36.4 Å². The molecule has 0 aliphatic carbocycles. The molecule has 1 aromatic carbocycles. The maximum Gasteiger partial charge on any atom is 0.165 e. The van der Waals surface area contributed by atoms with E-state index in [9.17, 15) is 0 Å². The Morgan fingerprint density at radius 3 is 2.62 bits per heavy atom. The summed E-state index contributed by atoms with van der Waals surface area (Å²) in [5.41, 5.74) is 3.45. The maximum atomic E-state index is 6.31. The molecule has 0 saturated heterocycles. The number of methoxy groups -OCH3 is 1. The standard InChI is InChI=1S/C16H16ClN3O/c1-10-8-9-12-16(18-10)20(15(19-12)11(2)17)13-6-4-5-7-14(13)21-3/h4-9,11H,1-3H3. The molecule has 4 nitrogen and oxygen atoms in total. The minimum Gasteiger partial charge on any atom is -0.495 e. The number of nitrogens with zero attached hydrogens (tertiary/aromatic N) is 3. The number of hydrogen-bond acceptors (Lipinski definition) is 3. The molecule has 0 saturated carbocycles. The molecule has 3 aromatic rings. The van der Waals surface area contributed by atoms with Gasteiger partial charge >= 0.3 is 0 Å². The summed E-state index contributed by atoms with van der Waals surface area (Å²) >= 11 is 6.31. The number of benzene rings is 1. The average Bonchev–Trinajstić information content (AvgIpc) is 2.85. The second kappa shape index (κ2) is 5.37. The van der Waals surface area contributed by atoms with Crippen LogP contribution in [0, 0.1) is 6.92 Å². The van der Waals surface area contributed by atoms with Crippen molar-refractivity contribution in [1.29, 1.82) is 0 Å². The average molecular weight is 302 g/mol. The van der Waals surface area contributed by atoms with Crippen molar-refractivity contribution in [2.75, 3.05) is 7.11 Å². The third-order valence-electron chi connectivity index (χ3n) is 3.35. The molecule has 2 heterocycles. The predicted molar refractivity (Wildman–Crippen MR) is 84.4 cm³/mol. The first-order valence-corrected chi connectivity index (χ1v) is 7.19. The first-order chi connectivity index (χ1) is 10.1. The zero-order chi connectivity index (χ0) is 15.0. The molecule has 1 unspecified atom stereocenters. The van der Waals surface area contributed by atoms with E-state index in [1.807, 2.05) is 54.8 Å². The van der Waals surface area contributed by atoms with Crippen LogP contribution in [-0.4, -0.2) is 21.6 Å². The van der Waals surface area contributed by atoms with E-state index in [0.29, 0.717) is 0 Å². The Kier molecular flexibility index (Phi) is 3.55. The molecule has 0 amide bonds. The van der Waals surface area contributed by atoms with Gasteiger partial charge in [-0.05, 0) is 38.1 Å². The largest absolute Gasteiger partial charge is 0.495 e. The van der Waals surface area contributed by atoms with E-state index in [2.05, 4.69) is 9.97 Å². The van der Waals surface area contributed by atoms with E-state index in [4.69, 9.17) is 16.3 Å². The van der Waals surface area contributed by atoms with Crippen LogP contribution in [-0.2, 0) is 0 Å². The molecule has 3 rings (SSSR count). The Bertz CT molecular complexity index is 795. The summed E-state index contributed by atoms with van der Waals surface area (Å²) in [6.07, 6.45) is 0. The lowest BCUT2D eigenvalue weighted by Crippen LogP contribution is -2.04. The van der Waals surface area contributed by atoms with Gasteiger partial charge < -0.3 is 4.74 Å². The summed E-state index contributed by atoms with van der Waals surface area (Å²) in [5, 5.41) is -0.232. The van der Waals surface area contributed by atoms with Gasteiger partial charge in [-0.2, -0.15) is 0 Å². The number of pyridine rings is 1. The van der Waals surface area contributed by atoms with Crippen LogP contribution in [0.5, 0.6) is 5.75 Å². The lowest BCUT2D eigenvalue weighted by molar-refractivity contribution is 0.412. The van der Waals surface area contributed by atoms with Gasteiger partial charge in [0, 0.05) is 5.69 Å². The van der Waals surface area contributed by atoms with Gasteiger partial charge in [0.1, 0.15) is 17.1 Å². The third kappa shape index (κ3) is 2.36. The van der Waals surface area contributed by atoms with Gasteiger partial charge in [0.25, 0.3) is 0 Å². The van der Waals surface area contributed by atoms with Crippen molar-refractivity contribution in [3.8, 4) is 11.4 Å². The third-order valence-corrected chi connectivity index (χ3v) is 3.55. The Hall–Kier alpha value is -2.07. The fourth-order valence-electron chi connectivity index (χ4n) is 2.39. The monoisotopic (exact) mass is 301 g/mol. The topological polar surface area (TPSA) is 39.9 Å². The number of rotatable bonds is 3. The molecule has 108 valence electrons. The minimum absolute atomic E-state index is 0.232. The number of alkyl halides is 1. The highest BCUT2D eigenvalue weighted by atomic mass is 35.5. The van der Waals surface area contributed by atoms with Crippen LogP contribution in [0.2, 0.25) is 0 Å². The molecule has 0 radical (unpaired) electrons. The summed E-state index contributed by atoms with van der Waals surface area (Å²) in [6, 6.07) is 11.7.